The fourth-order valence-electron chi connectivity index (χ4n) is 3.08. The van der Waals surface area contributed by atoms with Gasteiger partial charge in [0.2, 0.25) is 10.0 Å². The minimum absolute atomic E-state index is 0.0987. The van der Waals surface area contributed by atoms with Crippen molar-refractivity contribution in [3.05, 3.63) is 96.2 Å². The molecule has 0 aliphatic heterocycles. The van der Waals surface area contributed by atoms with E-state index >= 15 is 0 Å². The van der Waals surface area contributed by atoms with Gasteiger partial charge in [-0.3, -0.25) is 4.98 Å². The van der Waals surface area contributed by atoms with Crippen LogP contribution < -0.4 is 15.4 Å². The average Bonchev–Trinajstić information content (AvgIpc) is 2.83. The Morgan fingerprint density at radius 3 is 2.58 bits per heavy atom. The molecule has 0 fully saturated rings. The molecule has 0 amide bonds. The monoisotopic (exact) mass is 467 g/mol. The Kier molecular flexibility index (Phi) is 8.28. The van der Waals surface area contributed by atoms with Gasteiger partial charge in [0.25, 0.3) is 0 Å². The van der Waals surface area contributed by atoms with Crippen LogP contribution in [0, 0.1) is 11.2 Å². The highest BCUT2D eigenvalue weighted by Gasteiger charge is 2.11. The summed E-state index contributed by atoms with van der Waals surface area (Å²) in [5, 5.41) is 14.8. The molecule has 7 nitrogen and oxygen atoms in total. The zero-order chi connectivity index (χ0) is 23.7. The summed E-state index contributed by atoms with van der Waals surface area (Å²) in [6.07, 6.45) is 6.80. The second-order valence-corrected chi connectivity index (χ2v) is 9.25. The summed E-state index contributed by atoms with van der Waals surface area (Å²) in [4.78, 5) is 4.07. The van der Waals surface area contributed by atoms with Crippen molar-refractivity contribution in [2.75, 3.05) is 24.7 Å². The molecule has 0 saturated heterocycles. The van der Waals surface area contributed by atoms with Gasteiger partial charge in [-0.1, -0.05) is 24.3 Å². The number of nitrogens with zero attached hydrogens (tertiary/aromatic N) is 1. The molecule has 1 heterocycles. The van der Waals surface area contributed by atoms with Crippen LogP contribution in [0.4, 0.5) is 10.1 Å². The van der Waals surface area contributed by atoms with E-state index in [1.165, 1.54) is 19.2 Å². The van der Waals surface area contributed by atoms with Gasteiger partial charge in [-0.25, -0.2) is 17.5 Å². The summed E-state index contributed by atoms with van der Waals surface area (Å²) in [7, 11) is -1.98. The van der Waals surface area contributed by atoms with E-state index < -0.39 is 10.0 Å². The summed E-state index contributed by atoms with van der Waals surface area (Å²) >= 11 is 0. The second kappa shape index (κ2) is 11.3. The summed E-state index contributed by atoms with van der Waals surface area (Å²) in [6, 6.07) is 15.4. The molecule has 0 aliphatic rings. The van der Waals surface area contributed by atoms with Crippen molar-refractivity contribution in [2.45, 2.75) is 6.54 Å². The van der Waals surface area contributed by atoms with Gasteiger partial charge in [0.1, 0.15) is 5.82 Å². The van der Waals surface area contributed by atoms with Crippen molar-refractivity contribution in [3.8, 4) is 11.1 Å². The number of halogens is 1. The smallest absolute Gasteiger partial charge is 0.213 e. The Bertz CT molecular complexity index is 1210. The Labute approximate surface area is 193 Å². The predicted octanol–water partition coefficient (Wildman–Crippen LogP) is 3.52. The number of allylic oxidation sites excluding steroid dienone is 1. The maximum absolute atomic E-state index is 13.3. The molecule has 0 spiro atoms. The van der Waals surface area contributed by atoms with Crippen molar-refractivity contribution >= 4 is 21.4 Å². The van der Waals surface area contributed by atoms with E-state index in [0.29, 0.717) is 17.8 Å². The van der Waals surface area contributed by atoms with Gasteiger partial charge < -0.3 is 16.0 Å². The number of sulfonamides is 1. The standard InChI is InChI=1S/C24H26FN5O2S/c1-27-33(31,32)14-13-30-24-9-6-20(19-4-7-21(25)8-5-19)15-22(24)23(26)10-12-29-17-18-3-2-11-28-16-18/h2-12,15-16,26-27,29-30H,13-14,17H2,1H3/b12-10-,26-23?. The highest BCUT2D eigenvalue weighted by Crippen LogP contribution is 2.26. The van der Waals surface area contributed by atoms with Crippen molar-refractivity contribution in [3.63, 3.8) is 0 Å². The molecule has 0 radical (unpaired) electrons. The topological polar surface area (TPSA) is 107 Å². The number of benzene rings is 2. The highest BCUT2D eigenvalue weighted by atomic mass is 32.2. The molecule has 0 bridgehead atoms. The third kappa shape index (κ3) is 7.23. The molecule has 0 unspecified atom stereocenters. The summed E-state index contributed by atoms with van der Waals surface area (Å²) in [6.45, 7) is 0.753. The van der Waals surface area contributed by atoms with E-state index in [-0.39, 0.29) is 23.8 Å². The van der Waals surface area contributed by atoms with Gasteiger partial charge in [-0.15, -0.1) is 0 Å². The van der Waals surface area contributed by atoms with E-state index in [9.17, 15) is 12.8 Å². The molecule has 3 aromatic rings. The number of hydrogen-bond donors (Lipinski definition) is 4. The fourth-order valence-corrected chi connectivity index (χ4v) is 3.65. The maximum atomic E-state index is 13.3. The van der Waals surface area contributed by atoms with E-state index in [1.807, 2.05) is 24.3 Å². The third-order valence-corrected chi connectivity index (χ3v) is 6.24. The predicted molar refractivity (Wildman–Crippen MR) is 130 cm³/mol. The van der Waals surface area contributed by atoms with Gasteiger partial charge in [-0.2, -0.15) is 0 Å². The molecular formula is C24H26FN5O2S. The number of hydrogen-bond acceptors (Lipinski definition) is 6. The zero-order valence-corrected chi connectivity index (χ0v) is 19.0. The van der Waals surface area contributed by atoms with Crippen molar-refractivity contribution in [2.24, 2.45) is 0 Å². The maximum Gasteiger partial charge on any atom is 0.213 e. The molecule has 1 aromatic heterocycles. The summed E-state index contributed by atoms with van der Waals surface area (Å²) in [5.41, 5.74) is 4.11. The largest absolute Gasteiger partial charge is 0.387 e. The van der Waals surface area contributed by atoms with Crippen LogP contribution in [0.1, 0.15) is 11.1 Å². The van der Waals surface area contributed by atoms with E-state index in [2.05, 4.69) is 20.3 Å². The minimum atomic E-state index is -3.35. The first-order valence-electron chi connectivity index (χ1n) is 10.3. The highest BCUT2D eigenvalue weighted by molar-refractivity contribution is 7.89. The van der Waals surface area contributed by atoms with Crippen LogP contribution in [-0.2, 0) is 16.6 Å². The number of anilines is 1. The Hall–Kier alpha value is -3.56. The molecule has 33 heavy (non-hydrogen) atoms. The van der Waals surface area contributed by atoms with Crippen LogP contribution in [0.25, 0.3) is 11.1 Å². The third-order valence-electron chi connectivity index (χ3n) is 4.88. The van der Waals surface area contributed by atoms with Crippen LogP contribution >= 0.6 is 0 Å². The van der Waals surface area contributed by atoms with Crippen LogP contribution in [0.2, 0.25) is 0 Å². The SMILES string of the molecule is CNS(=O)(=O)CCNc1ccc(-c2ccc(F)cc2)cc1C(=N)/C=C\NCc1cccnc1. The van der Waals surface area contributed by atoms with Crippen LogP contribution in [0.3, 0.4) is 0 Å². The van der Waals surface area contributed by atoms with Gasteiger partial charge in [0, 0.05) is 36.7 Å². The van der Waals surface area contributed by atoms with E-state index in [1.54, 1.807) is 42.9 Å². The molecule has 0 atom stereocenters. The first kappa shape index (κ1) is 24.1. The molecule has 9 heteroatoms. The van der Waals surface area contributed by atoms with Crippen molar-refractivity contribution in [1.29, 1.82) is 5.41 Å². The van der Waals surface area contributed by atoms with Crippen LogP contribution in [0.5, 0.6) is 0 Å². The van der Waals surface area contributed by atoms with Gasteiger partial charge in [0.05, 0.1) is 11.5 Å². The summed E-state index contributed by atoms with van der Waals surface area (Å²) in [5.74, 6) is -0.420. The quantitative estimate of drug-likeness (QED) is 0.323. The Morgan fingerprint density at radius 1 is 1.12 bits per heavy atom. The molecule has 4 N–H and O–H groups in total. The summed E-state index contributed by atoms with van der Waals surface area (Å²) < 4.78 is 39.0. The lowest BCUT2D eigenvalue weighted by Crippen LogP contribution is -2.26. The van der Waals surface area contributed by atoms with E-state index in [0.717, 1.165) is 16.7 Å². The lowest BCUT2D eigenvalue weighted by Gasteiger charge is -2.14. The zero-order valence-electron chi connectivity index (χ0n) is 18.2. The lowest BCUT2D eigenvalue weighted by molar-refractivity contribution is 0.588. The minimum Gasteiger partial charge on any atom is -0.387 e. The lowest BCUT2D eigenvalue weighted by atomic mass is 9.99. The molecule has 0 saturated carbocycles. The first-order chi connectivity index (χ1) is 15.9. The van der Waals surface area contributed by atoms with Crippen molar-refractivity contribution in [1.82, 2.24) is 15.0 Å². The molecular weight excluding hydrogens is 441 g/mol. The molecule has 2 aromatic carbocycles. The van der Waals surface area contributed by atoms with Crippen LogP contribution in [-0.4, -0.2) is 38.5 Å². The molecule has 3 rings (SSSR count). The van der Waals surface area contributed by atoms with E-state index in [4.69, 9.17) is 5.41 Å². The Balaban J connectivity index is 1.79. The second-order valence-electron chi connectivity index (χ2n) is 7.21. The number of aromatic nitrogens is 1. The van der Waals surface area contributed by atoms with Gasteiger partial charge in [0.15, 0.2) is 0 Å². The number of pyridine rings is 1. The van der Waals surface area contributed by atoms with Gasteiger partial charge in [-0.05, 0) is 66.3 Å². The number of nitrogens with one attached hydrogen (secondary N) is 4. The van der Waals surface area contributed by atoms with Crippen LogP contribution in [0.15, 0.2) is 79.3 Å². The average molecular weight is 468 g/mol. The first-order valence-corrected chi connectivity index (χ1v) is 12.0. The molecule has 172 valence electrons. The number of rotatable bonds is 11. The van der Waals surface area contributed by atoms with Gasteiger partial charge >= 0.3 is 0 Å². The van der Waals surface area contributed by atoms with Crippen molar-refractivity contribution < 1.29 is 12.8 Å². The fraction of sp³-hybridized carbons (Fsp3) is 0.167. The Morgan fingerprint density at radius 2 is 1.88 bits per heavy atom. The normalized spacial score (nSPS) is 11.5. The molecule has 0 aliphatic carbocycles.